The minimum Gasteiger partial charge on any atom is -0.439 e. The molecule has 0 atom stereocenters. The predicted molar refractivity (Wildman–Crippen MR) is 103 cm³/mol. The number of aryl methyl sites for hydroxylation is 1. The van der Waals surface area contributed by atoms with Gasteiger partial charge in [-0.3, -0.25) is 4.72 Å². The lowest BCUT2D eigenvalue weighted by Crippen LogP contribution is -2.09. The van der Waals surface area contributed by atoms with E-state index in [9.17, 15) is 8.42 Å². The quantitative estimate of drug-likeness (QED) is 0.644. The third-order valence-corrected chi connectivity index (χ3v) is 4.02. The summed E-state index contributed by atoms with van der Waals surface area (Å²) in [4.78, 5) is 12.6. The van der Waals surface area contributed by atoms with Gasteiger partial charge in [-0.25, -0.2) is 23.4 Å². The minimum absolute atomic E-state index is 0.433. The zero-order valence-corrected chi connectivity index (χ0v) is 15.7. The molecule has 2 aromatic heterocycles. The molecule has 0 spiro atoms. The van der Waals surface area contributed by atoms with Gasteiger partial charge in [0.2, 0.25) is 21.9 Å². The molecule has 140 valence electrons. The Bertz CT molecular complexity index is 1010. The molecule has 3 rings (SSSR count). The highest BCUT2D eigenvalue weighted by molar-refractivity contribution is 7.92. The Labute approximate surface area is 157 Å². The van der Waals surface area contributed by atoms with Crippen LogP contribution in [0.15, 0.2) is 55.0 Å². The van der Waals surface area contributed by atoms with Gasteiger partial charge in [0.05, 0.1) is 6.26 Å². The summed E-state index contributed by atoms with van der Waals surface area (Å²) >= 11 is 0. The van der Waals surface area contributed by atoms with Crippen molar-refractivity contribution in [2.45, 2.75) is 13.5 Å². The molecule has 0 aliphatic rings. The molecule has 2 heterocycles. The maximum absolute atomic E-state index is 11.2. The van der Waals surface area contributed by atoms with E-state index < -0.39 is 10.0 Å². The summed E-state index contributed by atoms with van der Waals surface area (Å²) in [6.07, 6.45) is 6.25. The van der Waals surface area contributed by atoms with Crippen LogP contribution in [0.3, 0.4) is 0 Å². The fourth-order valence-electron chi connectivity index (χ4n) is 2.21. The van der Waals surface area contributed by atoms with Gasteiger partial charge in [-0.1, -0.05) is 0 Å². The molecule has 0 amide bonds. The summed E-state index contributed by atoms with van der Waals surface area (Å²) < 4.78 is 30.6. The number of anilines is 2. The first-order valence-electron chi connectivity index (χ1n) is 8.10. The highest BCUT2D eigenvalue weighted by Gasteiger charge is 2.04. The van der Waals surface area contributed by atoms with E-state index in [2.05, 4.69) is 25.0 Å². The van der Waals surface area contributed by atoms with Gasteiger partial charge < -0.3 is 10.1 Å². The zero-order valence-electron chi connectivity index (χ0n) is 14.9. The van der Waals surface area contributed by atoms with Crippen LogP contribution in [0.4, 0.5) is 11.6 Å². The third kappa shape index (κ3) is 5.93. The van der Waals surface area contributed by atoms with E-state index in [4.69, 9.17) is 4.74 Å². The second-order valence-electron chi connectivity index (χ2n) is 5.94. The Hall–Kier alpha value is -3.20. The molecular weight excluding hydrogens is 366 g/mol. The largest absolute Gasteiger partial charge is 0.439 e. The van der Waals surface area contributed by atoms with Crippen LogP contribution in [0.5, 0.6) is 11.6 Å². The van der Waals surface area contributed by atoms with Crippen molar-refractivity contribution in [3.8, 4) is 11.6 Å². The van der Waals surface area contributed by atoms with Gasteiger partial charge in [-0.05, 0) is 48.4 Å². The molecule has 2 N–H and O–H groups in total. The van der Waals surface area contributed by atoms with Crippen molar-refractivity contribution in [3.05, 3.63) is 66.1 Å². The molecule has 27 heavy (non-hydrogen) atoms. The smallest absolute Gasteiger partial charge is 0.229 e. The average Bonchev–Trinajstić information content (AvgIpc) is 2.62. The minimum atomic E-state index is -3.31. The Balaban J connectivity index is 1.62. The Morgan fingerprint density at radius 2 is 1.74 bits per heavy atom. The Morgan fingerprint density at radius 3 is 2.41 bits per heavy atom. The van der Waals surface area contributed by atoms with Gasteiger partial charge in [0.1, 0.15) is 5.75 Å². The molecule has 0 saturated carbocycles. The van der Waals surface area contributed by atoms with Crippen molar-refractivity contribution < 1.29 is 13.2 Å². The van der Waals surface area contributed by atoms with Gasteiger partial charge in [0.25, 0.3) is 0 Å². The van der Waals surface area contributed by atoms with E-state index in [1.807, 2.05) is 19.1 Å². The van der Waals surface area contributed by atoms with Crippen LogP contribution >= 0.6 is 0 Å². The van der Waals surface area contributed by atoms with E-state index in [0.717, 1.165) is 17.4 Å². The molecule has 0 fully saturated rings. The normalized spacial score (nSPS) is 11.0. The van der Waals surface area contributed by atoms with Crippen molar-refractivity contribution in [2.75, 3.05) is 16.3 Å². The van der Waals surface area contributed by atoms with Gasteiger partial charge in [-0.2, -0.15) is 0 Å². The van der Waals surface area contributed by atoms with Crippen LogP contribution in [-0.2, 0) is 16.6 Å². The van der Waals surface area contributed by atoms with E-state index in [1.54, 1.807) is 42.9 Å². The summed E-state index contributed by atoms with van der Waals surface area (Å²) in [5, 5.41) is 3.14. The monoisotopic (exact) mass is 385 g/mol. The highest BCUT2D eigenvalue weighted by Crippen LogP contribution is 2.22. The van der Waals surface area contributed by atoms with Crippen LogP contribution in [0, 0.1) is 6.92 Å². The van der Waals surface area contributed by atoms with Crippen molar-refractivity contribution in [1.82, 2.24) is 15.0 Å². The van der Waals surface area contributed by atoms with Crippen molar-refractivity contribution in [1.29, 1.82) is 0 Å². The van der Waals surface area contributed by atoms with E-state index in [1.165, 1.54) is 0 Å². The molecule has 0 saturated heterocycles. The molecule has 3 aromatic rings. The summed E-state index contributed by atoms with van der Waals surface area (Å²) in [5.41, 5.74) is 2.42. The Morgan fingerprint density at radius 1 is 1.04 bits per heavy atom. The van der Waals surface area contributed by atoms with Gasteiger partial charge in [0.15, 0.2) is 0 Å². The standard InChI is InChI=1S/C18H19N5O3S/c1-13-10-20-18(21-11-13)22-12-14-7-8-19-17(9-14)26-16-5-3-15(4-6-16)23-27(2,24)25/h3-11,23H,12H2,1-2H3,(H,20,21,22). The van der Waals surface area contributed by atoms with E-state index in [-0.39, 0.29) is 0 Å². The molecule has 0 radical (unpaired) electrons. The molecule has 8 nitrogen and oxygen atoms in total. The molecule has 0 unspecified atom stereocenters. The lowest BCUT2D eigenvalue weighted by molar-refractivity contribution is 0.462. The molecule has 9 heteroatoms. The number of benzene rings is 1. The van der Waals surface area contributed by atoms with Crippen LogP contribution in [0.25, 0.3) is 0 Å². The number of ether oxygens (including phenoxy) is 1. The zero-order chi connectivity index (χ0) is 19.3. The number of rotatable bonds is 7. The predicted octanol–water partition coefficient (Wildman–Crippen LogP) is 2.96. The lowest BCUT2D eigenvalue weighted by Gasteiger charge is -2.09. The van der Waals surface area contributed by atoms with Crippen molar-refractivity contribution in [3.63, 3.8) is 0 Å². The maximum atomic E-state index is 11.2. The maximum Gasteiger partial charge on any atom is 0.229 e. The fourth-order valence-corrected chi connectivity index (χ4v) is 2.77. The molecular formula is C18H19N5O3S. The number of aromatic nitrogens is 3. The van der Waals surface area contributed by atoms with Gasteiger partial charge in [0, 0.05) is 36.9 Å². The third-order valence-electron chi connectivity index (χ3n) is 3.41. The lowest BCUT2D eigenvalue weighted by atomic mass is 10.2. The second-order valence-corrected chi connectivity index (χ2v) is 7.69. The van der Waals surface area contributed by atoms with Gasteiger partial charge >= 0.3 is 0 Å². The van der Waals surface area contributed by atoms with Crippen LogP contribution < -0.4 is 14.8 Å². The number of pyridine rings is 1. The van der Waals surface area contributed by atoms with Crippen molar-refractivity contribution in [2.24, 2.45) is 0 Å². The summed E-state index contributed by atoms with van der Waals surface area (Å²) in [7, 11) is -3.31. The summed E-state index contributed by atoms with van der Waals surface area (Å²) in [6.45, 7) is 2.46. The SMILES string of the molecule is Cc1cnc(NCc2ccnc(Oc3ccc(NS(C)(=O)=O)cc3)c2)nc1. The number of sulfonamides is 1. The van der Waals surface area contributed by atoms with Crippen LogP contribution in [0.2, 0.25) is 0 Å². The summed E-state index contributed by atoms with van der Waals surface area (Å²) in [6, 6.07) is 10.3. The Kier molecular flexibility index (Phi) is 5.51. The number of nitrogens with zero attached hydrogens (tertiary/aromatic N) is 3. The van der Waals surface area contributed by atoms with Crippen LogP contribution in [0.1, 0.15) is 11.1 Å². The van der Waals surface area contributed by atoms with Crippen molar-refractivity contribution >= 4 is 21.7 Å². The first-order valence-corrected chi connectivity index (χ1v) is 10.00. The first kappa shape index (κ1) is 18.6. The molecule has 0 bridgehead atoms. The van der Waals surface area contributed by atoms with Gasteiger partial charge in [-0.15, -0.1) is 0 Å². The number of nitrogens with one attached hydrogen (secondary N) is 2. The number of hydrogen-bond donors (Lipinski definition) is 2. The molecule has 0 aliphatic carbocycles. The number of hydrogen-bond acceptors (Lipinski definition) is 7. The van der Waals surface area contributed by atoms with E-state index >= 15 is 0 Å². The van der Waals surface area contributed by atoms with E-state index in [0.29, 0.717) is 29.8 Å². The highest BCUT2D eigenvalue weighted by atomic mass is 32.2. The second kappa shape index (κ2) is 8.00. The molecule has 1 aromatic carbocycles. The summed E-state index contributed by atoms with van der Waals surface area (Å²) in [5.74, 6) is 1.53. The first-order chi connectivity index (χ1) is 12.9. The van der Waals surface area contributed by atoms with Crippen LogP contribution in [-0.4, -0.2) is 29.6 Å². The molecule has 0 aliphatic heterocycles. The average molecular weight is 385 g/mol. The topological polar surface area (TPSA) is 106 Å². The fraction of sp³-hybridized carbons (Fsp3) is 0.167.